The van der Waals surface area contributed by atoms with Gasteiger partial charge in [-0.15, -0.1) is 0 Å². The quantitative estimate of drug-likeness (QED) is 0.786. The van der Waals surface area contributed by atoms with Gasteiger partial charge in [0, 0.05) is 24.2 Å². The molecule has 0 aromatic heterocycles. The van der Waals surface area contributed by atoms with Crippen LogP contribution in [-0.4, -0.2) is 39.8 Å². The lowest BCUT2D eigenvalue weighted by Crippen LogP contribution is -2.60. The van der Waals surface area contributed by atoms with Crippen LogP contribution in [0.2, 0.25) is 0 Å². The van der Waals surface area contributed by atoms with Crippen molar-refractivity contribution in [3.63, 3.8) is 0 Å². The second kappa shape index (κ2) is 5.59. The molecule has 0 bridgehead atoms. The zero-order valence-corrected chi connectivity index (χ0v) is 15.6. The normalized spacial score (nSPS) is 47.7. The fraction of sp³-hybridized carbons (Fsp3) is 0.762. The molecule has 0 heterocycles. The van der Waals surface area contributed by atoms with Crippen molar-refractivity contribution < 1.29 is 24.6 Å². The first-order chi connectivity index (χ1) is 12.2. The van der Waals surface area contributed by atoms with Crippen molar-refractivity contribution in [2.45, 2.75) is 64.4 Å². The fourth-order valence-electron chi connectivity index (χ4n) is 6.98. The smallest absolute Gasteiger partial charge is 0.190 e. The van der Waals surface area contributed by atoms with Crippen LogP contribution in [0.25, 0.3) is 0 Å². The minimum atomic E-state index is -1.60. The maximum Gasteiger partial charge on any atom is 0.190 e. The predicted molar refractivity (Wildman–Crippen MR) is 94.1 cm³/mol. The van der Waals surface area contributed by atoms with E-state index in [-0.39, 0.29) is 41.2 Å². The standard InChI is InChI=1S/C21H28O5/c1-19-7-5-13(23)9-12(19)3-4-14-15-6-8-21(26,17(25)11-22)20(15,2)10-16(24)18(14)19/h9,14-15,18,22,26H,3-8,10-11H2,1-2H3/t14?,15-,18?,19-,20-,21-/m0/s1. The Balaban J connectivity index is 1.75. The summed E-state index contributed by atoms with van der Waals surface area (Å²) in [6.07, 6.45) is 5.83. The minimum absolute atomic E-state index is 0.0988. The predicted octanol–water partition coefficient (Wildman–Crippen LogP) is 1.99. The molecule has 4 aliphatic carbocycles. The number of Topliss-reactive ketones (excluding diaryl/α,β-unsaturated/α-hetero) is 2. The molecule has 0 aliphatic heterocycles. The van der Waals surface area contributed by atoms with E-state index >= 15 is 0 Å². The Hall–Kier alpha value is -1.33. The summed E-state index contributed by atoms with van der Waals surface area (Å²) < 4.78 is 0. The van der Waals surface area contributed by atoms with Crippen LogP contribution in [0, 0.1) is 28.6 Å². The van der Waals surface area contributed by atoms with Crippen molar-refractivity contribution in [3.05, 3.63) is 11.6 Å². The van der Waals surface area contributed by atoms with Crippen LogP contribution in [-0.2, 0) is 14.4 Å². The first-order valence-corrected chi connectivity index (χ1v) is 9.80. The molecule has 3 saturated carbocycles. The first-order valence-electron chi connectivity index (χ1n) is 9.80. The Labute approximate surface area is 153 Å². The summed E-state index contributed by atoms with van der Waals surface area (Å²) in [7, 11) is 0. The summed E-state index contributed by atoms with van der Waals surface area (Å²) in [4.78, 5) is 37.5. The Morgan fingerprint density at radius 2 is 1.92 bits per heavy atom. The number of rotatable bonds is 2. The lowest BCUT2D eigenvalue weighted by molar-refractivity contribution is -0.170. The van der Waals surface area contributed by atoms with Crippen molar-refractivity contribution in [1.29, 1.82) is 0 Å². The molecule has 4 aliphatic rings. The Kier molecular flexibility index (Phi) is 3.88. The van der Waals surface area contributed by atoms with E-state index in [9.17, 15) is 24.6 Å². The van der Waals surface area contributed by atoms with E-state index in [0.29, 0.717) is 25.7 Å². The van der Waals surface area contributed by atoms with E-state index < -0.39 is 23.4 Å². The van der Waals surface area contributed by atoms with Crippen LogP contribution < -0.4 is 0 Å². The molecule has 0 aromatic rings. The first kappa shape index (κ1) is 18.1. The van der Waals surface area contributed by atoms with Crippen LogP contribution in [0.4, 0.5) is 0 Å². The average molecular weight is 360 g/mol. The maximum atomic E-state index is 13.3. The highest BCUT2D eigenvalue weighted by Gasteiger charge is 2.68. The van der Waals surface area contributed by atoms with Gasteiger partial charge < -0.3 is 10.2 Å². The topological polar surface area (TPSA) is 91.7 Å². The molecule has 142 valence electrons. The number of ketones is 3. The zero-order chi connectivity index (χ0) is 18.9. The van der Waals surface area contributed by atoms with Gasteiger partial charge in [0.25, 0.3) is 0 Å². The van der Waals surface area contributed by atoms with Gasteiger partial charge in [-0.2, -0.15) is 0 Å². The van der Waals surface area contributed by atoms with Gasteiger partial charge in [0.15, 0.2) is 11.6 Å². The molecular weight excluding hydrogens is 332 g/mol. The molecule has 6 atom stereocenters. The monoisotopic (exact) mass is 360 g/mol. The highest BCUT2D eigenvalue weighted by Crippen LogP contribution is 2.66. The highest BCUT2D eigenvalue weighted by molar-refractivity contribution is 5.94. The average Bonchev–Trinajstić information content (AvgIpc) is 2.86. The van der Waals surface area contributed by atoms with Gasteiger partial charge in [0.2, 0.25) is 0 Å². The molecule has 26 heavy (non-hydrogen) atoms. The van der Waals surface area contributed by atoms with Crippen LogP contribution in [0.3, 0.4) is 0 Å². The summed E-state index contributed by atoms with van der Waals surface area (Å²) in [5, 5.41) is 20.5. The number of aliphatic hydroxyl groups excluding tert-OH is 1. The summed E-state index contributed by atoms with van der Waals surface area (Å²) in [5.41, 5.74) is -1.55. The van der Waals surface area contributed by atoms with Crippen molar-refractivity contribution in [2.24, 2.45) is 28.6 Å². The molecule has 0 spiro atoms. The number of hydrogen-bond acceptors (Lipinski definition) is 5. The molecule has 5 nitrogen and oxygen atoms in total. The van der Waals surface area contributed by atoms with Gasteiger partial charge in [0.1, 0.15) is 18.0 Å². The van der Waals surface area contributed by atoms with Crippen LogP contribution in [0.5, 0.6) is 0 Å². The molecule has 0 amide bonds. The number of aliphatic hydroxyl groups is 2. The van der Waals surface area contributed by atoms with E-state index in [1.54, 1.807) is 6.08 Å². The minimum Gasteiger partial charge on any atom is -0.388 e. The number of carbonyl (C=O) groups excluding carboxylic acids is 3. The molecule has 0 radical (unpaired) electrons. The molecular formula is C21H28O5. The summed E-state index contributed by atoms with van der Waals surface area (Å²) in [6.45, 7) is 3.31. The van der Waals surface area contributed by atoms with Gasteiger partial charge in [-0.05, 0) is 55.4 Å². The van der Waals surface area contributed by atoms with Crippen LogP contribution in [0.15, 0.2) is 11.6 Å². The molecule has 0 aromatic carbocycles. The van der Waals surface area contributed by atoms with Gasteiger partial charge in [-0.3, -0.25) is 14.4 Å². The third-order valence-corrected chi connectivity index (χ3v) is 8.41. The van der Waals surface area contributed by atoms with Crippen molar-refractivity contribution in [2.75, 3.05) is 6.61 Å². The number of allylic oxidation sites excluding steroid dienone is 1. The summed E-state index contributed by atoms with van der Waals surface area (Å²) in [5.74, 6) is -0.172. The van der Waals surface area contributed by atoms with Crippen LogP contribution in [0.1, 0.15) is 58.8 Å². The lowest BCUT2D eigenvalue weighted by Gasteiger charge is -2.57. The molecule has 4 rings (SSSR count). The van der Waals surface area contributed by atoms with E-state index in [2.05, 4.69) is 6.92 Å². The van der Waals surface area contributed by atoms with E-state index in [0.717, 1.165) is 18.4 Å². The Morgan fingerprint density at radius 1 is 1.19 bits per heavy atom. The molecule has 2 unspecified atom stereocenters. The second-order valence-electron chi connectivity index (χ2n) is 9.38. The third-order valence-electron chi connectivity index (χ3n) is 8.41. The summed E-state index contributed by atoms with van der Waals surface area (Å²) in [6, 6.07) is 0. The number of hydrogen-bond donors (Lipinski definition) is 2. The SMILES string of the molecule is C[C@]12CCC(=O)C=C1CCC1C2C(=O)C[C@@]2(C)[C@H]1CC[C@]2(O)C(=O)CO. The fourth-order valence-corrected chi connectivity index (χ4v) is 6.98. The van der Waals surface area contributed by atoms with Crippen LogP contribution >= 0.6 is 0 Å². The number of carbonyl (C=O) groups is 3. The molecule has 3 fully saturated rings. The second-order valence-corrected chi connectivity index (χ2v) is 9.38. The summed E-state index contributed by atoms with van der Waals surface area (Å²) >= 11 is 0. The molecule has 0 saturated heterocycles. The highest BCUT2D eigenvalue weighted by atomic mass is 16.3. The molecule has 2 N–H and O–H groups in total. The van der Waals surface area contributed by atoms with E-state index in [1.807, 2.05) is 6.92 Å². The van der Waals surface area contributed by atoms with Gasteiger partial charge >= 0.3 is 0 Å². The molecule has 5 heteroatoms. The van der Waals surface area contributed by atoms with Crippen molar-refractivity contribution in [3.8, 4) is 0 Å². The van der Waals surface area contributed by atoms with E-state index in [1.165, 1.54) is 0 Å². The third kappa shape index (κ3) is 2.07. The Bertz CT molecular complexity index is 724. The largest absolute Gasteiger partial charge is 0.388 e. The Morgan fingerprint density at radius 3 is 2.62 bits per heavy atom. The van der Waals surface area contributed by atoms with Gasteiger partial charge in [-0.25, -0.2) is 0 Å². The number of fused-ring (bicyclic) bond motifs is 5. The van der Waals surface area contributed by atoms with Gasteiger partial charge in [0.05, 0.1) is 0 Å². The van der Waals surface area contributed by atoms with Gasteiger partial charge in [-0.1, -0.05) is 19.4 Å². The maximum absolute atomic E-state index is 13.3. The van der Waals surface area contributed by atoms with Crippen molar-refractivity contribution >= 4 is 17.3 Å². The zero-order valence-electron chi connectivity index (χ0n) is 15.6. The van der Waals surface area contributed by atoms with Crippen molar-refractivity contribution in [1.82, 2.24) is 0 Å². The lowest BCUT2D eigenvalue weighted by atomic mass is 9.46. The van der Waals surface area contributed by atoms with E-state index in [4.69, 9.17) is 0 Å².